The molecule has 5 nitrogen and oxygen atoms in total. The van der Waals surface area contributed by atoms with Gasteiger partial charge in [0.05, 0.1) is 18.2 Å². The summed E-state index contributed by atoms with van der Waals surface area (Å²) in [6.07, 6.45) is 3.52. The highest BCUT2D eigenvalue weighted by Gasteiger charge is 2.19. The van der Waals surface area contributed by atoms with Crippen molar-refractivity contribution in [2.24, 2.45) is 0 Å². The number of hydrogen-bond acceptors (Lipinski definition) is 4. The number of rotatable bonds is 4. The second-order valence-corrected chi connectivity index (χ2v) is 4.39. The average molecular weight is 239 g/mol. The predicted octanol–water partition coefficient (Wildman–Crippen LogP) is 1.63. The quantitative estimate of drug-likeness (QED) is 0.835. The Labute approximate surface area is 99.8 Å². The van der Waals surface area contributed by atoms with E-state index in [0.29, 0.717) is 18.3 Å². The van der Waals surface area contributed by atoms with Crippen molar-refractivity contribution in [3.8, 4) is 0 Å². The van der Waals surface area contributed by atoms with Crippen molar-refractivity contribution in [1.29, 1.82) is 0 Å². The zero-order chi connectivity index (χ0) is 12.3. The monoisotopic (exact) mass is 239 g/mol. The van der Waals surface area contributed by atoms with Crippen LogP contribution in [0.1, 0.15) is 35.9 Å². The number of furan rings is 1. The van der Waals surface area contributed by atoms with Crippen molar-refractivity contribution < 1.29 is 19.1 Å². The van der Waals surface area contributed by atoms with Crippen molar-refractivity contribution >= 4 is 5.97 Å². The summed E-state index contributed by atoms with van der Waals surface area (Å²) in [4.78, 5) is 10.7. The van der Waals surface area contributed by atoms with Crippen LogP contribution in [0.2, 0.25) is 0 Å². The smallest absolute Gasteiger partial charge is 0.338 e. The highest BCUT2D eigenvalue weighted by molar-refractivity contribution is 5.87. The molecule has 0 saturated carbocycles. The molecule has 0 amide bonds. The molecule has 2 heterocycles. The Morgan fingerprint density at radius 2 is 2.47 bits per heavy atom. The standard InChI is InChI=1S/C12H17NO4/c1-8-4-10(2-3-16-8)13-6-11-5-9(7-17-11)12(14)15/h5,7-8,10,13H,2-4,6H2,1H3,(H,14,15). The number of hydrogen-bond donors (Lipinski definition) is 2. The van der Waals surface area contributed by atoms with Crippen LogP contribution in [-0.2, 0) is 11.3 Å². The highest BCUT2D eigenvalue weighted by atomic mass is 16.5. The molecule has 0 spiro atoms. The summed E-state index contributed by atoms with van der Waals surface area (Å²) >= 11 is 0. The van der Waals surface area contributed by atoms with E-state index in [1.165, 1.54) is 6.26 Å². The molecule has 5 heteroatoms. The summed E-state index contributed by atoms with van der Waals surface area (Å²) in [7, 11) is 0. The lowest BCUT2D eigenvalue weighted by molar-refractivity contribution is 0.0127. The van der Waals surface area contributed by atoms with E-state index in [9.17, 15) is 4.79 Å². The molecule has 1 aliphatic rings. The molecule has 1 aromatic heterocycles. The summed E-state index contributed by atoms with van der Waals surface area (Å²) in [5, 5.41) is 12.1. The van der Waals surface area contributed by atoms with E-state index in [4.69, 9.17) is 14.3 Å². The first-order valence-corrected chi connectivity index (χ1v) is 5.81. The SMILES string of the molecule is CC1CC(NCc2cc(C(=O)O)co2)CCO1. The third-order valence-electron chi connectivity index (χ3n) is 2.95. The molecule has 2 N–H and O–H groups in total. The first kappa shape index (κ1) is 12.1. The van der Waals surface area contributed by atoms with Gasteiger partial charge in [0, 0.05) is 12.6 Å². The van der Waals surface area contributed by atoms with Gasteiger partial charge in [0.25, 0.3) is 0 Å². The molecule has 17 heavy (non-hydrogen) atoms. The summed E-state index contributed by atoms with van der Waals surface area (Å²) in [6.45, 7) is 3.39. The average Bonchev–Trinajstić information content (AvgIpc) is 2.75. The van der Waals surface area contributed by atoms with Crippen molar-refractivity contribution in [2.45, 2.75) is 38.5 Å². The van der Waals surface area contributed by atoms with Crippen molar-refractivity contribution in [1.82, 2.24) is 5.32 Å². The molecule has 94 valence electrons. The molecule has 0 radical (unpaired) electrons. The van der Waals surface area contributed by atoms with Crippen molar-refractivity contribution in [3.05, 3.63) is 23.7 Å². The summed E-state index contributed by atoms with van der Waals surface area (Å²) < 4.78 is 10.6. The number of carboxylic acids is 1. The summed E-state index contributed by atoms with van der Waals surface area (Å²) in [6, 6.07) is 1.97. The minimum absolute atomic E-state index is 0.196. The zero-order valence-corrected chi connectivity index (χ0v) is 9.81. The topological polar surface area (TPSA) is 71.7 Å². The van der Waals surface area contributed by atoms with Gasteiger partial charge in [0.1, 0.15) is 12.0 Å². The molecule has 0 aliphatic carbocycles. The maximum atomic E-state index is 10.7. The van der Waals surface area contributed by atoms with Crippen molar-refractivity contribution in [2.75, 3.05) is 6.61 Å². The largest absolute Gasteiger partial charge is 0.478 e. The molecule has 2 rings (SSSR count). The second kappa shape index (κ2) is 5.33. The van der Waals surface area contributed by atoms with Crippen LogP contribution >= 0.6 is 0 Å². The van der Waals surface area contributed by atoms with Crippen LogP contribution in [0.3, 0.4) is 0 Å². The van der Waals surface area contributed by atoms with Gasteiger partial charge < -0.3 is 19.6 Å². The van der Waals surface area contributed by atoms with Gasteiger partial charge in [-0.15, -0.1) is 0 Å². The van der Waals surface area contributed by atoms with Crippen LogP contribution in [0.4, 0.5) is 0 Å². The van der Waals surface area contributed by atoms with E-state index in [0.717, 1.165) is 19.4 Å². The maximum Gasteiger partial charge on any atom is 0.338 e. The van der Waals surface area contributed by atoms with Crippen LogP contribution in [-0.4, -0.2) is 29.8 Å². The number of carboxylic acid groups (broad SMARTS) is 1. The fourth-order valence-corrected chi connectivity index (χ4v) is 2.01. The van der Waals surface area contributed by atoms with Gasteiger partial charge in [0.15, 0.2) is 0 Å². The Morgan fingerprint density at radius 1 is 1.65 bits per heavy atom. The van der Waals surface area contributed by atoms with Gasteiger partial charge in [-0.2, -0.15) is 0 Å². The normalized spacial score (nSPS) is 24.8. The minimum Gasteiger partial charge on any atom is -0.478 e. The molecule has 2 atom stereocenters. The van der Waals surface area contributed by atoms with Gasteiger partial charge in [0.2, 0.25) is 0 Å². The molecule has 1 fully saturated rings. The fraction of sp³-hybridized carbons (Fsp3) is 0.583. The molecule has 1 aromatic rings. The molecular weight excluding hydrogens is 222 g/mol. The molecule has 0 bridgehead atoms. The van der Waals surface area contributed by atoms with E-state index >= 15 is 0 Å². The number of nitrogens with one attached hydrogen (secondary N) is 1. The first-order valence-electron chi connectivity index (χ1n) is 5.81. The number of carbonyl (C=O) groups is 1. The van der Waals surface area contributed by atoms with Gasteiger partial charge in [-0.25, -0.2) is 4.79 Å². The molecule has 1 aliphatic heterocycles. The Balaban J connectivity index is 1.82. The molecule has 1 saturated heterocycles. The van der Waals surface area contributed by atoms with E-state index in [2.05, 4.69) is 12.2 Å². The third kappa shape index (κ3) is 3.31. The molecule has 2 unspecified atom stereocenters. The molecule has 0 aromatic carbocycles. The van der Waals surface area contributed by atoms with Crippen LogP contribution < -0.4 is 5.32 Å². The van der Waals surface area contributed by atoms with Crippen LogP contribution in [0.25, 0.3) is 0 Å². The summed E-state index contributed by atoms with van der Waals surface area (Å²) in [5.41, 5.74) is 0.196. The number of aromatic carboxylic acids is 1. The first-order chi connectivity index (χ1) is 8.15. The Morgan fingerprint density at radius 3 is 3.12 bits per heavy atom. The fourth-order valence-electron chi connectivity index (χ4n) is 2.01. The lowest BCUT2D eigenvalue weighted by atomic mass is 10.0. The zero-order valence-electron chi connectivity index (χ0n) is 9.81. The van der Waals surface area contributed by atoms with Gasteiger partial charge >= 0.3 is 5.97 Å². The van der Waals surface area contributed by atoms with Crippen LogP contribution in [0, 0.1) is 0 Å². The Kier molecular flexibility index (Phi) is 3.81. The van der Waals surface area contributed by atoms with Gasteiger partial charge in [-0.05, 0) is 25.8 Å². The maximum absolute atomic E-state index is 10.7. The predicted molar refractivity (Wildman–Crippen MR) is 60.9 cm³/mol. The van der Waals surface area contributed by atoms with Gasteiger partial charge in [-0.1, -0.05) is 0 Å². The van der Waals surface area contributed by atoms with E-state index in [1.807, 2.05) is 0 Å². The van der Waals surface area contributed by atoms with E-state index in [1.54, 1.807) is 6.07 Å². The van der Waals surface area contributed by atoms with Crippen LogP contribution in [0.15, 0.2) is 16.7 Å². The Hall–Kier alpha value is -1.33. The second-order valence-electron chi connectivity index (χ2n) is 4.39. The van der Waals surface area contributed by atoms with E-state index in [-0.39, 0.29) is 11.7 Å². The van der Waals surface area contributed by atoms with E-state index < -0.39 is 5.97 Å². The van der Waals surface area contributed by atoms with Crippen LogP contribution in [0.5, 0.6) is 0 Å². The lowest BCUT2D eigenvalue weighted by Gasteiger charge is -2.27. The third-order valence-corrected chi connectivity index (χ3v) is 2.95. The molecular formula is C12H17NO4. The minimum atomic E-state index is -0.959. The number of ether oxygens (including phenoxy) is 1. The van der Waals surface area contributed by atoms with Gasteiger partial charge in [-0.3, -0.25) is 0 Å². The van der Waals surface area contributed by atoms with Crippen molar-refractivity contribution in [3.63, 3.8) is 0 Å². The Bertz CT molecular complexity index is 388. The highest BCUT2D eigenvalue weighted by Crippen LogP contribution is 2.14. The lowest BCUT2D eigenvalue weighted by Crippen LogP contribution is -2.37. The summed E-state index contributed by atoms with van der Waals surface area (Å²) in [5.74, 6) is -0.304.